The summed E-state index contributed by atoms with van der Waals surface area (Å²) in [6, 6.07) is 12.3. The Balaban J connectivity index is 1.50. The van der Waals surface area contributed by atoms with Crippen molar-refractivity contribution in [2.45, 2.75) is 17.9 Å². The third-order valence-corrected chi connectivity index (χ3v) is 4.91. The average Bonchev–Trinajstić information content (AvgIpc) is 2.63. The zero-order chi connectivity index (χ0) is 17.6. The molecule has 0 N–H and O–H groups in total. The fourth-order valence-corrected chi connectivity index (χ4v) is 3.43. The van der Waals surface area contributed by atoms with E-state index in [-0.39, 0.29) is 11.7 Å². The van der Waals surface area contributed by atoms with Gasteiger partial charge < -0.3 is 14.4 Å². The summed E-state index contributed by atoms with van der Waals surface area (Å²) in [4.78, 5) is 14.5. The lowest BCUT2D eigenvalue weighted by molar-refractivity contribution is -0.129. The predicted molar refractivity (Wildman–Crippen MR) is 95.6 cm³/mol. The first-order valence-electron chi connectivity index (χ1n) is 8.13. The molecule has 1 amide bonds. The van der Waals surface area contributed by atoms with Crippen LogP contribution in [0.25, 0.3) is 0 Å². The monoisotopic (exact) mass is 361 g/mol. The van der Waals surface area contributed by atoms with Crippen LogP contribution in [0.4, 0.5) is 4.39 Å². The molecule has 1 aliphatic rings. The Hall–Kier alpha value is -2.21. The normalized spacial score (nSPS) is 12.7. The molecule has 0 spiro atoms. The van der Waals surface area contributed by atoms with Crippen molar-refractivity contribution in [3.63, 3.8) is 0 Å². The maximum Gasteiger partial charge on any atom is 0.223 e. The van der Waals surface area contributed by atoms with Gasteiger partial charge in [0.1, 0.15) is 19.0 Å². The number of carbonyl (C=O) groups is 1. The molecule has 6 heteroatoms. The van der Waals surface area contributed by atoms with Gasteiger partial charge in [0, 0.05) is 30.7 Å². The summed E-state index contributed by atoms with van der Waals surface area (Å²) >= 11 is 1.36. The van der Waals surface area contributed by atoms with Crippen LogP contribution in [-0.2, 0) is 11.3 Å². The Labute approximate surface area is 150 Å². The topological polar surface area (TPSA) is 38.8 Å². The second-order valence-electron chi connectivity index (χ2n) is 5.76. The summed E-state index contributed by atoms with van der Waals surface area (Å²) in [7, 11) is 1.77. The van der Waals surface area contributed by atoms with E-state index in [1.807, 2.05) is 18.2 Å². The fraction of sp³-hybridized carbons (Fsp3) is 0.316. The lowest BCUT2D eigenvalue weighted by Crippen LogP contribution is -2.26. The summed E-state index contributed by atoms with van der Waals surface area (Å²) in [6.07, 6.45) is 0.361. The van der Waals surface area contributed by atoms with Crippen LogP contribution >= 0.6 is 11.8 Å². The number of amides is 1. The minimum atomic E-state index is -0.246. The first-order chi connectivity index (χ1) is 12.1. The summed E-state index contributed by atoms with van der Waals surface area (Å²) in [5.41, 5.74) is 0.988. The van der Waals surface area contributed by atoms with Gasteiger partial charge in [-0.2, -0.15) is 0 Å². The lowest BCUT2D eigenvalue weighted by Gasteiger charge is -2.21. The minimum Gasteiger partial charge on any atom is -0.486 e. The van der Waals surface area contributed by atoms with Crippen LogP contribution in [0.2, 0.25) is 0 Å². The highest BCUT2D eigenvalue weighted by atomic mass is 32.2. The van der Waals surface area contributed by atoms with Crippen LogP contribution in [0.5, 0.6) is 11.5 Å². The Morgan fingerprint density at radius 3 is 2.72 bits per heavy atom. The number of hydrogen-bond donors (Lipinski definition) is 0. The van der Waals surface area contributed by atoms with Gasteiger partial charge in [-0.05, 0) is 29.8 Å². The average molecular weight is 361 g/mol. The molecular weight excluding hydrogens is 341 g/mol. The molecule has 2 aromatic carbocycles. The molecule has 0 fully saturated rings. The molecular formula is C19H20FNO3S. The first kappa shape index (κ1) is 17.6. The highest BCUT2D eigenvalue weighted by molar-refractivity contribution is 7.99. The number of halogens is 1. The molecule has 0 saturated carbocycles. The quantitative estimate of drug-likeness (QED) is 0.735. The van der Waals surface area contributed by atoms with E-state index in [2.05, 4.69) is 0 Å². The fourth-order valence-electron chi connectivity index (χ4n) is 2.55. The second kappa shape index (κ2) is 8.25. The van der Waals surface area contributed by atoms with Crippen LogP contribution in [0, 0.1) is 5.82 Å². The first-order valence-corrected chi connectivity index (χ1v) is 9.12. The van der Waals surface area contributed by atoms with Crippen molar-refractivity contribution in [2.24, 2.45) is 0 Å². The maximum absolute atomic E-state index is 13.6. The van der Waals surface area contributed by atoms with Crippen LogP contribution in [0.1, 0.15) is 12.0 Å². The summed E-state index contributed by atoms with van der Waals surface area (Å²) in [5.74, 6) is 1.79. The van der Waals surface area contributed by atoms with Crippen molar-refractivity contribution < 1.29 is 18.7 Å². The van der Waals surface area contributed by atoms with E-state index in [4.69, 9.17) is 9.47 Å². The Morgan fingerprint density at radius 2 is 1.92 bits per heavy atom. The number of hydrogen-bond acceptors (Lipinski definition) is 4. The zero-order valence-corrected chi connectivity index (χ0v) is 14.9. The molecule has 25 heavy (non-hydrogen) atoms. The van der Waals surface area contributed by atoms with E-state index in [0.717, 1.165) is 17.1 Å². The third-order valence-electron chi connectivity index (χ3n) is 3.86. The van der Waals surface area contributed by atoms with Crippen LogP contribution < -0.4 is 9.47 Å². The van der Waals surface area contributed by atoms with E-state index in [1.54, 1.807) is 30.1 Å². The molecule has 1 aliphatic heterocycles. The molecule has 2 aromatic rings. The van der Waals surface area contributed by atoms with Gasteiger partial charge in [0.05, 0.1) is 0 Å². The zero-order valence-electron chi connectivity index (χ0n) is 14.0. The Bertz CT molecular complexity index is 753. The van der Waals surface area contributed by atoms with Crippen molar-refractivity contribution in [3.05, 3.63) is 53.8 Å². The van der Waals surface area contributed by atoms with Crippen molar-refractivity contribution in [1.82, 2.24) is 4.90 Å². The van der Waals surface area contributed by atoms with Crippen LogP contribution in [0.15, 0.2) is 47.4 Å². The number of nitrogens with zero attached hydrogens (tertiary/aromatic N) is 1. The number of fused-ring (bicyclic) bond motifs is 1. The molecule has 0 atom stereocenters. The molecule has 0 unspecified atom stereocenters. The summed E-state index contributed by atoms with van der Waals surface area (Å²) < 4.78 is 24.6. The molecule has 0 radical (unpaired) electrons. The van der Waals surface area contributed by atoms with Gasteiger partial charge in [-0.3, -0.25) is 4.79 Å². The predicted octanol–water partition coefficient (Wildman–Crippen LogP) is 3.74. The number of benzene rings is 2. The molecule has 0 aromatic heterocycles. The van der Waals surface area contributed by atoms with E-state index in [9.17, 15) is 9.18 Å². The van der Waals surface area contributed by atoms with E-state index in [0.29, 0.717) is 36.8 Å². The van der Waals surface area contributed by atoms with Gasteiger partial charge >= 0.3 is 0 Å². The van der Waals surface area contributed by atoms with E-state index >= 15 is 0 Å². The van der Waals surface area contributed by atoms with Gasteiger partial charge in [0.25, 0.3) is 0 Å². The van der Waals surface area contributed by atoms with Gasteiger partial charge in [-0.25, -0.2) is 4.39 Å². The summed E-state index contributed by atoms with van der Waals surface area (Å²) in [6.45, 7) is 1.60. The molecule has 0 aliphatic carbocycles. The van der Waals surface area contributed by atoms with Crippen molar-refractivity contribution >= 4 is 17.7 Å². The van der Waals surface area contributed by atoms with Crippen LogP contribution in [-0.4, -0.2) is 36.8 Å². The van der Waals surface area contributed by atoms with Crippen molar-refractivity contribution in [1.29, 1.82) is 0 Å². The van der Waals surface area contributed by atoms with Crippen LogP contribution in [0.3, 0.4) is 0 Å². The van der Waals surface area contributed by atoms with Gasteiger partial charge in [-0.15, -0.1) is 11.8 Å². The van der Waals surface area contributed by atoms with Gasteiger partial charge in [0.15, 0.2) is 11.5 Å². The summed E-state index contributed by atoms with van der Waals surface area (Å²) in [5, 5.41) is 0. The number of carbonyl (C=O) groups excluding carboxylic acids is 1. The molecule has 0 bridgehead atoms. The minimum absolute atomic E-state index is 0.0266. The van der Waals surface area contributed by atoms with E-state index < -0.39 is 0 Å². The standard InChI is InChI=1S/C19H20FNO3S/c1-21(13-14-6-7-16-17(12-14)24-10-9-23-16)19(22)8-11-25-18-5-3-2-4-15(18)20/h2-7,12H,8-11,13H2,1H3. The highest BCUT2D eigenvalue weighted by Crippen LogP contribution is 2.31. The second-order valence-corrected chi connectivity index (χ2v) is 6.89. The Morgan fingerprint density at radius 1 is 1.16 bits per heavy atom. The van der Waals surface area contributed by atoms with Gasteiger partial charge in [0.2, 0.25) is 5.91 Å². The molecule has 0 saturated heterocycles. The van der Waals surface area contributed by atoms with Gasteiger partial charge in [-0.1, -0.05) is 18.2 Å². The molecule has 132 valence electrons. The lowest BCUT2D eigenvalue weighted by atomic mass is 10.2. The van der Waals surface area contributed by atoms with Crippen molar-refractivity contribution in [3.8, 4) is 11.5 Å². The maximum atomic E-state index is 13.6. The molecule has 1 heterocycles. The number of ether oxygens (including phenoxy) is 2. The molecule has 3 rings (SSSR count). The largest absolute Gasteiger partial charge is 0.486 e. The SMILES string of the molecule is CN(Cc1ccc2c(c1)OCCO2)C(=O)CCSc1ccccc1F. The third kappa shape index (κ3) is 4.66. The smallest absolute Gasteiger partial charge is 0.223 e. The van der Waals surface area contributed by atoms with Crippen molar-refractivity contribution in [2.75, 3.05) is 26.0 Å². The van der Waals surface area contributed by atoms with E-state index in [1.165, 1.54) is 17.8 Å². The Kier molecular flexibility index (Phi) is 5.81. The highest BCUT2D eigenvalue weighted by Gasteiger charge is 2.14. The number of thioether (sulfide) groups is 1. The number of rotatable bonds is 6. The molecule has 4 nitrogen and oxygen atoms in total.